The number of carbonyl (C=O) groups excluding carboxylic acids is 2. The van der Waals surface area contributed by atoms with Crippen molar-refractivity contribution >= 4 is 33.3 Å². The van der Waals surface area contributed by atoms with E-state index in [0.717, 1.165) is 4.31 Å². The highest BCUT2D eigenvalue weighted by Gasteiger charge is 2.29. The first-order valence-corrected chi connectivity index (χ1v) is 9.91. The lowest BCUT2D eigenvalue weighted by atomic mass is 10.3. The SMILES string of the molecule is CN(C)c1ccc(C(=O)Nc2cccc(S(=O)(=O)N3CCNC(=O)C3)c2)nn1. The fourth-order valence-electron chi connectivity index (χ4n) is 2.58. The predicted molar refractivity (Wildman–Crippen MR) is 103 cm³/mol. The van der Waals surface area contributed by atoms with E-state index in [0.29, 0.717) is 11.5 Å². The highest BCUT2D eigenvalue weighted by molar-refractivity contribution is 7.89. The summed E-state index contributed by atoms with van der Waals surface area (Å²) in [5.41, 5.74) is 0.401. The Bertz CT molecular complexity index is 991. The van der Waals surface area contributed by atoms with E-state index in [2.05, 4.69) is 20.8 Å². The maximum Gasteiger partial charge on any atom is 0.276 e. The number of aromatic nitrogens is 2. The van der Waals surface area contributed by atoms with E-state index in [4.69, 9.17) is 0 Å². The summed E-state index contributed by atoms with van der Waals surface area (Å²) in [6.45, 7) is 0.224. The number of nitrogens with zero attached hydrogens (tertiary/aromatic N) is 4. The zero-order valence-electron chi connectivity index (χ0n) is 15.4. The summed E-state index contributed by atoms with van der Waals surface area (Å²) in [7, 11) is -0.231. The smallest absolute Gasteiger partial charge is 0.276 e. The molecule has 1 aromatic heterocycles. The molecule has 1 saturated heterocycles. The minimum absolute atomic E-state index is 0.00552. The topological polar surface area (TPSA) is 125 Å². The molecule has 1 aromatic carbocycles. The van der Waals surface area contributed by atoms with Crippen molar-refractivity contribution in [2.45, 2.75) is 4.90 Å². The van der Waals surface area contributed by atoms with Crippen molar-refractivity contribution in [3.8, 4) is 0 Å². The van der Waals surface area contributed by atoms with Crippen LogP contribution in [0.5, 0.6) is 0 Å². The molecule has 2 amide bonds. The first kappa shape index (κ1) is 19.7. The monoisotopic (exact) mass is 404 g/mol. The summed E-state index contributed by atoms with van der Waals surface area (Å²) < 4.78 is 26.6. The van der Waals surface area contributed by atoms with Gasteiger partial charge in [0, 0.05) is 32.9 Å². The zero-order valence-corrected chi connectivity index (χ0v) is 16.2. The number of nitrogens with one attached hydrogen (secondary N) is 2. The van der Waals surface area contributed by atoms with Crippen LogP contribution in [0.1, 0.15) is 10.5 Å². The lowest BCUT2D eigenvalue weighted by molar-refractivity contribution is -0.122. The first-order valence-electron chi connectivity index (χ1n) is 8.47. The van der Waals surface area contributed by atoms with Gasteiger partial charge in [0.15, 0.2) is 11.5 Å². The Hall–Kier alpha value is -3.05. The second kappa shape index (κ2) is 7.90. The van der Waals surface area contributed by atoms with Crippen LogP contribution in [0, 0.1) is 0 Å². The second-order valence-corrected chi connectivity index (χ2v) is 8.28. The standard InChI is InChI=1S/C17H20N6O4S/c1-22(2)15-7-6-14(20-21-15)17(25)19-12-4-3-5-13(10-12)28(26,27)23-9-8-18-16(24)11-23/h3-7,10H,8-9,11H2,1-2H3,(H,18,24)(H,19,25). The van der Waals surface area contributed by atoms with Gasteiger partial charge in [0.25, 0.3) is 5.91 Å². The van der Waals surface area contributed by atoms with Gasteiger partial charge in [-0.1, -0.05) is 6.07 Å². The van der Waals surface area contributed by atoms with Crippen molar-refractivity contribution in [1.29, 1.82) is 0 Å². The highest BCUT2D eigenvalue weighted by atomic mass is 32.2. The van der Waals surface area contributed by atoms with Crippen molar-refractivity contribution in [1.82, 2.24) is 19.8 Å². The lowest BCUT2D eigenvalue weighted by Gasteiger charge is -2.26. The van der Waals surface area contributed by atoms with Crippen LogP contribution in [-0.2, 0) is 14.8 Å². The van der Waals surface area contributed by atoms with Crippen molar-refractivity contribution in [2.75, 3.05) is 43.9 Å². The van der Waals surface area contributed by atoms with Gasteiger partial charge < -0.3 is 15.5 Å². The van der Waals surface area contributed by atoms with Gasteiger partial charge in [-0.25, -0.2) is 8.42 Å². The molecular weight excluding hydrogens is 384 g/mol. The average Bonchev–Trinajstić information content (AvgIpc) is 2.68. The molecule has 28 heavy (non-hydrogen) atoms. The summed E-state index contributed by atoms with van der Waals surface area (Å²) in [6, 6.07) is 9.05. The van der Waals surface area contributed by atoms with Crippen LogP contribution in [0.15, 0.2) is 41.3 Å². The number of amides is 2. The first-order chi connectivity index (χ1) is 13.3. The van der Waals surface area contributed by atoms with Gasteiger partial charge in [0.1, 0.15) is 0 Å². The molecule has 3 rings (SSSR count). The largest absolute Gasteiger partial charge is 0.361 e. The van der Waals surface area contributed by atoms with Crippen molar-refractivity contribution in [3.05, 3.63) is 42.1 Å². The van der Waals surface area contributed by atoms with E-state index >= 15 is 0 Å². The van der Waals surface area contributed by atoms with E-state index in [9.17, 15) is 18.0 Å². The number of rotatable bonds is 5. The van der Waals surface area contributed by atoms with Crippen molar-refractivity contribution in [2.24, 2.45) is 0 Å². The summed E-state index contributed by atoms with van der Waals surface area (Å²) in [4.78, 5) is 25.6. The van der Waals surface area contributed by atoms with Gasteiger partial charge in [-0.15, -0.1) is 10.2 Å². The minimum atomic E-state index is -3.85. The Kier molecular flexibility index (Phi) is 5.56. The quantitative estimate of drug-likeness (QED) is 0.714. The molecule has 0 spiro atoms. The van der Waals surface area contributed by atoms with Gasteiger partial charge in [0.2, 0.25) is 15.9 Å². The maximum atomic E-state index is 12.7. The minimum Gasteiger partial charge on any atom is -0.361 e. The maximum absolute atomic E-state index is 12.7. The van der Waals surface area contributed by atoms with Gasteiger partial charge in [0.05, 0.1) is 11.4 Å². The molecule has 1 aliphatic heterocycles. The molecule has 0 aliphatic carbocycles. The van der Waals surface area contributed by atoms with Gasteiger partial charge >= 0.3 is 0 Å². The third-order valence-corrected chi connectivity index (χ3v) is 5.92. The predicted octanol–water partition coefficient (Wildman–Crippen LogP) is -0.0846. The molecule has 1 aliphatic rings. The van der Waals surface area contributed by atoms with Crippen LogP contribution in [0.2, 0.25) is 0 Å². The number of hydrogen-bond acceptors (Lipinski definition) is 7. The molecule has 10 nitrogen and oxygen atoms in total. The molecule has 0 atom stereocenters. The van der Waals surface area contributed by atoms with Gasteiger partial charge in [-0.2, -0.15) is 4.31 Å². The third kappa shape index (κ3) is 4.26. The molecular formula is C17H20N6O4S. The van der Waals surface area contributed by atoms with E-state index in [1.165, 1.54) is 24.3 Å². The van der Waals surface area contributed by atoms with Gasteiger partial charge in [-0.3, -0.25) is 9.59 Å². The highest BCUT2D eigenvalue weighted by Crippen LogP contribution is 2.20. The van der Waals surface area contributed by atoms with E-state index < -0.39 is 15.9 Å². The van der Waals surface area contributed by atoms with Crippen LogP contribution < -0.4 is 15.5 Å². The molecule has 0 saturated carbocycles. The number of piperazine rings is 1. The molecule has 0 radical (unpaired) electrons. The summed E-state index contributed by atoms with van der Waals surface area (Å²) in [5.74, 6) is -0.251. The van der Waals surface area contributed by atoms with Crippen LogP contribution in [0.25, 0.3) is 0 Å². The Labute approximate surface area is 162 Å². The zero-order chi connectivity index (χ0) is 20.3. The molecule has 2 aromatic rings. The van der Waals surface area contributed by atoms with E-state index in [1.807, 2.05) is 14.1 Å². The molecule has 2 N–H and O–H groups in total. The van der Waals surface area contributed by atoms with Crippen molar-refractivity contribution < 1.29 is 18.0 Å². The lowest BCUT2D eigenvalue weighted by Crippen LogP contribution is -2.49. The Morgan fingerprint density at radius 2 is 2.00 bits per heavy atom. The average molecular weight is 404 g/mol. The molecule has 2 heterocycles. The molecule has 11 heteroatoms. The summed E-state index contributed by atoms with van der Waals surface area (Å²) >= 11 is 0. The normalized spacial score (nSPS) is 15.0. The fraction of sp³-hybridized carbons (Fsp3) is 0.294. The number of benzene rings is 1. The van der Waals surface area contributed by atoms with E-state index in [-0.39, 0.29) is 36.1 Å². The van der Waals surface area contributed by atoms with Crippen LogP contribution in [0.3, 0.4) is 0 Å². The van der Waals surface area contributed by atoms with Crippen LogP contribution in [-0.4, -0.2) is 68.5 Å². The Morgan fingerprint density at radius 1 is 1.21 bits per heavy atom. The fourth-order valence-corrected chi connectivity index (χ4v) is 4.03. The van der Waals surface area contributed by atoms with Crippen molar-refractivity contribution in [3.63, 3.8) is 0 Å². The summed E-state index contributed by atoms with van der Waals surface area (Å²) in [6.07, 6.45) is 0. The number of hydrogen-bond donors (Lipinski definition) is 2. The molecule has 1 fully saturated rings. The van der Waals surface area contributed by atoms with Gasteiger partial charge in [-0.05, 0) is 30.3 Å². The molecule has 0 bridgehead atoms. The number of anilines is 2. The van der Waals surface area contributed by atoms with Crippen LogP contribution in [0.4, 0.5) is 11.5 Å². The summed E-state index contributed by atoms with van der Waals surface area (Å²) in [5, 5.41) is 13.0. The van der Waals surface area contributed by atoms with Crippen LogP contribution >= 0.6 is 0 Å². The number of sulfonamides is 1. The van der Waals surface area contributed by atoms with E-state index in [1.54, 1.807) is 17.0 Å². The molecule has 0 unspecified atom stereocenters. The third-order valence-electron chi connectivity index (χ3n) is 4.07. The molecule has 148 valence electrons. The Balaban J connectivity index is 1.77. The number of carbonyl (C=O) groups is 2. The Morgan fingerprint density at radius 3 is 2.64 bits per heavy atom. The second-order valence-electron chi connectivity index (χ2n) is 6.34.